The Balaban J connectivity index is 1.52. The molecule has 1 aliphatic rings. The summed E-state index contributed by atoms with van der Waals surface area (Å²) in [7, 11) is 0. The summed E-state index contributed by atoms with van der Waals surface area (Å²) in [4.78, 5) is 16.0. The van der Waals surface area contributed by atoms with Crippen LogP contribution in [0.1, 0.15) is 17.5 Å². The Hall–Kier alpha value is -0.950. The lowest BCUT2D eigenvalue weighted by Gasteiger charge is -2.26. The van der Waals surface area contributed by atoms with Crippen molar-refractivity contribution in [3.05, 3.63) is 58.1 Å². The number of rotatable bonds is 7. The van der Waals surface area contributed by atoms with E-state index in [1.807, 2.05) is 36.9 Å². The fourth-order valence-electron chi connectivity index (χ4n) is 2.95. The Morgan fingerprint density at radius 1 is 1.22 bits per heavy atom. The van der Waals surface area contributed by atoms with Gasteiger partial charge >= 0.3 is 0 Å². The fourth-order valence-corrected chi connectivity index (χ4v) is 5.44. The first-order chi connectivity index (χ1) is 13.1. The molecule has 1 saturated heterocycles. The number of hydrogen-bond donors (Lipinski definition) is 1. The Morgan fingerprint density at radius 3 is 2.78 bits per heavy atom. The van der Waals surface area contributed by atoms with Crippen molar-refractivity contribution in [2.75, 3.05) is 35.7 Å². The number of aryl methyl sites for hydroxylation is 1. The van der Waals surface area contributed by atoms with Gasteiger partial charge in [0.2, 0.25) is 5.91 Å². The molecule has 1 amide bonds. The average Bonchev–Trinajstić information content (AvgIpc) is 2.67. The molecule has 0 unspecified atom stereocenters. The molecule has 0 bridgehead atoms. The molecular weight excluding hydrogens is 440 g/mol. The second-order valence-corrected chi connectivity index (χ2v) is 9.83. The molecule has 0 radical (unpaired) electrons. The van der Waals surface area contributed by atoms with Crippen molar-refractivity contribution in [2.45, 2.75) is 24.8 Å². The van der Waals surface area contributed by atoms with Crippen molar-refractivity contribution >= 4 is 51.0 Å². The first-order valence-corrected chi connectivity index (χ1v) is 12.1. The van der Waals surface area contributed by atoms with Gasteiger partial charge in [-0.2, -0.15) is 11.8 Å². The van der Waals surface area contributed by atoms with Crippen molar-refractivity contribution in [1.82, 2.24) is 4.90 Å². The number of hydrogen-bond acceptors (Lipinski definition) is 4. The fraction of sp³-hybridized carbons (Fsp3) is 0.381. The molecule has 6 heteroatoms. The Bertz CT molecular complexity index is 779. The Kier molecular flexibility index (Phi) is 8.12. The minimum absolute atomic E-state index is 0.0733. The van der Waals surface area contributed by atoms with Gasteiger partial charge in [-0.25, -0.2) is 0 Å². The smallest absolute Gasteiger partial charge is 0.225 e. The predicted octanol–water partition coefficient (Wildman–Crippen LogP) is 5.43. The number of halogens is 1. The van der Waals surface area contributed by atoms with Gasteiger partial charge in [-0.3, -0.25) is 9.69 Å². The highest BCUT2D eigenvalue weighted by atomic mass is 79.9. The standard InChI is InChI=1S/C21H25BrN2OS2/c1-16-6-7-17(15-24-9-12-26-13-10-24)14-19(16)23-21(25)8-11-27-20-5-3-2-4-18(20)22/h2-7,14H,8-13,15H2,1H3,(H,23,25). The molecular formula is C21H25BrN2OS2. The molecule has 1 fully saturated rings. The molecule has 1 heterocycles. The first-order valence-electron chi connectivity index (χ1n) is 9.18. The zero-order valence-corrected chi connectivity index (χ0v) is 18.8. The van der Waals surface area contributed by atoms with E-state index in [0.29, 0.717) is 6.42 Å². The first kappa shape index (κ1) is 20.8. The largest absolute Gasteiger partial charge is 0.326 e. The summed E-state index contributed by atoms with van der Waals surface area (Å²) in [6.07, 6.45) is 0.499. The van der Waals surface area contributed by atoms with Crippen molar-refractivity contribution in [2.24, 2.45) is 0 Å². The molecule has 27 heavy (non-hydrogen) atoms. The Labute approximate surface area is 178 Å². The van der Waals surface area contributed by atoms with Crippen molar-refractivity contribution in [1.29, 1.82) is 0 Å². The summed E-state index contributed by atoms with van der Waals surface area (Å²) in [6.45, 7) is 5.30. The number of carbonyl (C=O) groups is 1. The van der Waals surface area contributed by atoms with E-state index in [4.69, 9.17) is 0 Å². The van der Waals surface area contributed by atoms with E-state index in [1.54, 1.807) is 11.8 Å². The van der Waals surface area contributed by atoms with Crippen LogP contribution in [0.15, 0.2) is 51.8 Å². The highest BCUT2D eigenvalue weighted by molar-refractivity contribution is 9.10. The SMILES string of the molecule is Cc1ccc(CN2CCSCC2)cc1NC(=O)CCSc1ccccc1Br. The average molecular weight is 465 g/mol. The summed E-state index contributed by atoms with van der Waals surface area (Å²) in [5.74, 6) is 3.26. The third-order valence-electron chi connectivity index (χ3n) is 4.51. The van der Waals surface area contributed by atoms with Crippen LogP contribution in [0.25, 0.3) is 0 Å². The molecule has 0 aliphatic carbocycles. The monoisotopic (exact) mass is 464 g/mol. The van der Waals surface area contributed by atoms with Gasteiger partial charge in [0, 0.05) is 58.4 Å². The molecule has 144 valence electrons. The quantitative estimate of drug-likeness (QED) is 0.553. The molecule has 1 N–H and O–H groups in total. The number of amides is 1. The van der Waals surface area contributed by atoms with Gasteiger partial charge in [0.1, 0.15) is 0 Å². The molecule has 2 aromatic carbocycles. The van der Waals surface area contributed by atoms with Gasteiger partial charge in [-0.05, 0) is 52.2 Å². The third kappa shape index (κ3) is 6.56. The van der Waals surface area contributed by atoms with Gasteiger partial charge < -0.3 is 5.32 Å². The molecule has 0 aromatic heterocycles. The van der Waals surface area contributed by atoms with E-state index < -0.39 is 0 Å². The van der Waals surface area contributed by atoms with Crippen LogP contribution in [0.5, 0.6) is 0 Å². The molecule has 3 nitrogen and oxygen atoms in total. The van der Waals surface area contributed by atoms with E-state index in [2.05, 4.69) is 50.4 Å². The highest BCUT2D eigenvalue weighted by Crippen LogP contribution is 2.27. The van der Waals surface area contributed by atoms with Crippen molar-refractivity contribution in [3.63, 3.8) is 0 Å². The van der Waals surface area contributed by atoms with E-state index in [-0.39, 0.29) is 5.91 Å². The van der Waals surface area contributed by atoms with Crippen LogP contribution in [0.2, 0.25) is 0 Å². The molecule has 3 rings (SSSR count). The summed E-state index contributed by atoms with van der Waals surface area (Å²) < 4.78 is 1.08. The zero-order chi connectivity index (χ0) is 19.1. The topological polar surface area (TPSA) is 32.3 Å². The predicted molar refractivity (Wildman–Crippen MR) is 122 cm³/mol. The lowest BCUT2D eigenvalue weighted by Crippen LogP contribution is -2.32. The molecule has 0 saturated carbocycles. The summed E-state index contributed by atoms with van der Waals surface area (Å²) in [5.41, 5.74) is 3.32. The number of thioether (sulfide) groups is 2. The Morgan fingerprint density at radius 2 is 2.00 bits per heavy atom. The van der Waals surface area contributed by atoms with Crippen LogP contribution in [0.3, 0.4) is 0 Å². The van der Waals surface area contributed by atoms with Crippen LogP contribution in [0.4, 0.5) is 5.69 Å². The van der Waals surface area contributed by atoms with Gasteiger partial charge in [-0.15, -0.1) is 11.8 Å². The van der Waals surface area contributed by atoms with Gasteiger partial charge in [0.15, 0.2) is 0 Å². The lowest BCUT2D eigenvalue weighted by molar-refractivity contribution is -0.115. The van der Waals surface area contributed by atoms with E-state index in [0.717, 1.165) is 41.1 Å². The van der Waals surface area contributed by atoms with Gasteiger partial charge in [-0.1, -0.05) is 24.3 Å². The number of anilines is 1. The molecule has 0 atom stereocenters. The second kappa shape index (κ2) is 10.6. The van der Waals surface area contributed by atoms with Crippen LogP contribution in [-0.4, -0.2) is 41.2 Å². The van der Waals surface area contributed by atoms with Crippen molar-refractivity contribution < 1.29 is 4.79 Å². The number of carbonyl (C=O) groups excluding carboxylic acids is 1. The highest BCUT2D eigenvalue weighted by Gasteiger charge is 2.12. The van der Waals surface area contributed by atoms with Gasteiger partial charge in [0.25, 0.3) is 0 Å². The lowest BCUT2D eigenvalue weighted by atomic mass is 10.1. The summed E-state index contributed by atoms with van der Waals surface area (Å²) >= 11 is 7.28. The van der Waals surface area contributed by atoms with Crippen LogP contribution < -0.4 is 5.32 Å². The van der Waals surface area contributed by atoms with Crippen LogP contribution in [-0.2, 0) is 11.3 Å². The van der Waals surface area contributed by atoms with Crippen LogP contribution >= 0.6 is 39.5 Å². The maximum Gasteiger partial charge on any atom is 0.225 e. The summed E-state index contributed by atoms with van der Waals surface area (Å²) in [6, 6.07) is 14.5. The van der Waals surface area contributed by atoms with Crippen molar-refractivity contribution in [3.8, 4) is 0 Å². The minimum atomic E-state index is 0.0733. The minimum Gasteiger partial charge on any atom is -0.326 e. The number of benzene rings is 2. The summed E-state index contributed by atoms with van der Waals surface area (Å²) in [5, 5.41) is 3.10. The second-order valence-electron chi connectivity index (χ2n) is 6.61. The molecule has 0 spiro atoms. The van der Waals surface area contributed by atoms with E-state index >= 15 is 0 Å². The van der Waals surface area contributed by atoms with Gasteiger partial charge in [0.05, 0.1) is 0 Å². The molecule has 2 aromatic rings. The maximum atomic E-state index is 12.4. The number of nitrogens with zero attached hydrogens (tertiary/aromatic N) is 1. The molecule has 1 aliphatic heterocycles. The number of nitrogens with one attached hydrogen (secondary N) is 1. The maximum absolute atomic E-state index is 12.4. The normalized spacial score (nSPS) is 14.9. The van der Waals surface area contributed by atoms with E-state index in [1.165, 1.54) is 22.0 Å². The zero-order valence-electron chi connectivity index (χ0n) is 15.5. The third-order valence-corrected chi connectivity index (χ3v) is 7.48. The van der Waals surface area contributed by atoms with E-state index in [9.17, 15) is 4.79 Å². The van der Waals surface area contributed by atoms with Crippen LogP contribution in [0, 0.1) is 6.92 Å².